The first-order valence-corrected chi connectivity index (χ1v) is 13.8. The Balaban J connectivity index is 1.41. The zero-order valence-corrected chi connectivity index (χ0v) is 21.7. The molecule has 5 aliphatic carbocycles. The van der Waals surface area contributed by atoms with Crippen molar-refractivity contribution < 1.29 is 5.11 Å². The zero-order valence-electron chi connectivity index (χ0n) is 21.7. The molecule has 2 spiro atoms. The molecule has 0 amide bonds. The normalized spacial score (nSPS) is 52.9. The number of rotatable bonds is 4. The molecule has 2 unspecified atom stereocenters. The van der Waals surface area contributed by atoms with Crippen LogP contribution in [-0.2, 0) is 0 Å². The van der Waals surface area contributed by atoms with Crippen LogP contribution in [0.25, 0.3) is 0 Å². The van der Waals surface area contributed by atoms with Crippen LogP contribution in [0.15, 0.2) is 11.6 Å². The maximum Gasteiger partial charge on any atom is 0.0594 e. The van der Waals surface area contributed by atoms with Gasteiger partial charge in [0.25, 0.3) is 0 Å². The average Bonchev–Trinajstić information content (AvgIpc) is 3.27. The molecular weight excluding hydrogens is 376 g/mol. The van der Waals surface area contributed by atoms with Crippen LogP contribution in [-0.4, -0.2) is 11.2 Å². The second kappa shape index (κ2) is 6.86. The number of fused-ring (bicyclic) bond motifs is 2. The Morgan fingerprint density at radius 2 is 1.55 bits per heavy atom. The van der Waals surface area contributed by atoms with E-state index < -0.39 is 0 Å². The largest absolute Gasteiger partial charge is 0.393 e. The second-order valence-corrected chi connectivity index (χ2v) is 14.4. The first kappa shape index (κ1) is 22.5. The Labute approximate surface area is 192 Å². The molecule has 31 heavy (non-hydrogen) atoms. The molecule has 1 N–H and O–H groups in total. The van der Waals surface area contributed by atoms with Crippen molar-refractivity contribution in [2.24, 2.45) is 50.7 Å². The standard InChI is InChI=1S/C30H50O/c1-20(2)9-8-10-21(3)22-13-15-28(7)24-12-11-23-26(4,5)25(31)14-16-29(23)19-30(24,29)18-17-27(22,28)6/h9,21-25,31H,8,10-19H2,1-7H3/t21-,22-,23?,24+,25+,27-,28+,29-,30?/m1/s1. The molecule has 1 heteroatoms. The van der Waals surface area contributed by atoms with Gasteiger partial charge in [-0.3, -0.25) is 0 Å². The Hall–Kier alpha value is -0.300. The number of allylic oxidation sites excluding steroid dienone is 2. The fourth-order valence-corrected chi connectivity index (χ4v) is 11.1. The van der Waals surface area contributed by atoms with Gasteiger partial charge in [0.2, 0.25) is 0 Å². The fraction of sp³-hybridized carbons (Fsp3) is 0.933. The molecule has 0 aromatic carbocycles. The maximum absolute atomic E-state index is 10.8. The predicted octanol–water partition coefficient (Wildman–Crippen LogP) is 8.17. The Kier molecular flexibility index (Phi) is 4.98. The van der Waals surface area contributed by atoms with Crippen molar-refractivity contribution >= 4 is 0 Å². The molecule has 5 aliphatic rings. The molecule has 9 atom stereocenters. The van der Waals surface area contributed by atoms with Crippen LogP contribution in [0.5, 0.6) is 0 Å². The molecule has 5 fully saturated rings. The third-order valence-electron chi connectivity index (χ3n) is 13.0. The molecule has 0 aromatic rings. The number of hydrogen-bond acceptors (Lipinski definition) is 1. The summed E-state index contributed by atoms with van der Waals surface area (Å²) in [6.07, 6.45) is 17.6. The third-order valence-corrected chi connectivity index (χ3v) is 13.0. The molecule has 0 bridgehead atoms. The van der Waals surface area contributed by atoms with E-state index in [0.717, 1.165) is 30.1 Å². The molecule has 0 saturated heterocycles. The smallest absolute Gasteiger partial charge is 0.0594 e. The van der Waals surface area contributed by atoms with Crippen molar-refractivity contribution in [3.8, 4) is 0 Å². The number of aliphatic hydroxyl groups excluding tert-OH is 1. The van der Waals surface area contributed by atoms with Gasteiger partial charge in [-0.1, -0.05) is 46.3 Å². The second-order valence-electron chi connectivity index (χ2n) is 14.4. The molecule has 0 aliphatic heterocycles. The molecule has 0 radical (unpaired) electrons. The average molecular weight is 427 g/mol. The highest BCUT2D eigenvalue weighted by Crippen LogP contribution is 2.89. The zero-order chi connectivity index (χ0) is 22.4. The molecule has 0 aromatic heterocycles. The minimum Gasteiger partial charge on any atom is -0.393 e. The van der Waals surface area contributed by atoms with Crippen LogP contribution in [0.4, 0.5) is 0 Å². The van der Waals surface area contributed by atoms with E-state index >= 15 is 0 Å². The van der Waals surface area contributed by atoms with E-state index in [1.807, 2.05) is 0 Å². The van der Waals surface area contributed by atoms with E-state index in [2.05, 4.69) is 54.5 Å². The first-order chi connectivity index (χ1) is 14.4. The Bertz CT molecular complexity index is 760. The van der Waals surface area contributed by atoms with E-state index in [-0.39, 0.29) is 11.5 Å². The highest BCUT2D eigenvalue weighted by Gasteiger charge is 2.82. The Morgan fingerprint density at radius 3 is 2.26 bits per heavy atom. The monoisotopic (exact) mass is 426 g/mol. The highest BCUT2D eigenvalue weighted by atomic mass is 16.3. The summed E-state index contributed by atoms with van der Waals surface area (Å²) in [6, 6.07) is 0. The minimum atomic E-state index is -0.0840. The van der Waals surface area contributed by atoms with Crippen molar-refractivity contribution in [3.63, 3.8) is 0 Å². The molecular formula is C30H50O. The van der Waals surface area contributed by atoms with Crippen molar-refractivity contribution in [1.29, 1.82) is 0 Å². The highest BCUT2D eigenvalue weighted by molar-refractivity contribution is 5.30. The lowest BCUT2D eigenvalue weighted by Crippen LogP contribution is -2.57. The van der Waals surface area contributed by atoms with Crippen molar-refractivity contribution in [2.75, 3.05) is 0 Å². The van der Waals surface area contributed by atoms with Crippen LogP contribution in [0, 0.1) is 50.7 Å². The van der Waals surface area contributed by atoms with Crippen LogP contribution in [0.3, 0.4) is 0 Å². The van der Waals surface area contributed by atoms with Gasteiger partial charge in [0.05, 0.1) is 6.10 Å². The van der Waals surface area contributed by atoms with Crippen LogP contribution in [0.2, 0.25) is 0 Å². The summed E-state index contributed by atoms with van der Waals surface area (Å²) in [6.45, 7) is 17.3. The lowest BCUT2D eigenvalue weighted by Gasteiger charge is -2.63. The van der Waals surface area contributed by atoms with Gasteiger partial charge in [-0.05, 0) is 135 Å². The summed E-state index contributed by atoms with van der Waals surface area (Å²) in [7, 11) is 0. The third kappa shape index (κ3) is 2.71. The van der Waals surface area contributed by atoms with E-state index in [1.54, 1.807) is 0 Å². The predicted molar refractivity (Wildman–Crippen MR) is 131 cm³/mol. The van der Waals surface area contributed by atoms with Crippen molar-refractivity contribution in [1.82, 2.24) is 0 Å². The number of hydrogen-bond donors (Lipinski definition) is 1. The van der Waals surface area contributed by atoms with Gasteiger partial charge >= 0.3 is 0 Å². The van der Waals surface area contributed by atoms with Crippen molar-refractivity contribution in [3.05, 3.63) is 11.6 Å². The van der Waals surface area contributed by atoms with E-state index in [0.29, 0.717) is 21.7 Å². The lowest BCUT2D eigenvalue weighted by molar-refractivity contribution is -0.161. The van der Waals surface area contributed by atoms with Gasteiger partial charge in [-0.15, -0.1) is 0 Å². The topological polar surface area (TPSA) is 20.2 Å². The minimum absolute atomic E-state index is 0.0840. The van der Waals surface area contributed by atoms with Gasteiger partial charge in [0, 0.05) is 0 Å². The Morgan fingerprint density at radius 1 is 0.871 bits per heavy atom. The summed E-state index contributed by atoms with van der Waals surface area (Å²) >= 11 is 0. The fourth-order valence-electron chi connectivity index (χ4n) is 11.1. The summed E-state index contributed by atoms with van der Waals surface area (Å²) in [5, 5.41) is 10.8. The van der Waals surface area contributed by atoms with Gasteiger partial charge in [-0.25, -0.2) is 0 Å². The van der Waals surface area contributed by atoms with Gasteiger partial charge < -0.3 is 5.11 Å². The summed E-state index contributed by atoms with van der Waals surface area (Å²) < 4.78 is 0. The SMILES string of the molecule is CC(C)=CCC[C@@H](C)[C@H]1CC[C@@]2(C)[C@@H]3CCC4C(C)(C)[C@@H](O)CC[C@@]45CC35CC[C@]12C. The number of aliphatic hydroxyl groups is 1. The van der Waals surface area contributed by atoms with Gasteiger partial charge in [-0.2, -0.15) is 0 Å². The van der Waals surface area contributed by atoms with Gasteiger partial charge in [0.15, 0.2) is 0 Å². The van der Waals surface area contributed by atoms with E-state index in [1.165, 1.54) is 69.8 Å². The van der Waals surface area contributed by atoms with Crippen LogP contribution in [0.1, 0.15) is 119 Å². The summed E-state index contributed by atoms with van der Waals surface area (Å²) in [4.78, 5) is 0. The first-order valence-electron chi connectivity index (χ1n) is 13.8. The summed E-state index contributed by atoms with van der Waals surface area (Å²) in [5.41, 5.74) is 3.87. The van der Waals surface area contributed by atoms with Crippen molar-refractivity contribution in [2.45, 2.75) is 125 Å². The molecule has 5 saturated carbocycles. The molecule has 0 heterocycles. The maximum atomic E-state index is 10.8. The molecule has 5 rings (SSSR count). The van der Waals surface area contributed by atoms with E-state index in [9.17, 15) is 5.11 Å². The van der Waals surface area contributed by atoms with Crippen LogP contribution >= 0.6 is 0 Å². The summed E-state index contributed by atoms with van der Waals surface area (Å²) in [5.74, 6) is 3.46. The quantitative estimate of drug-likeness (QED) is 0.449. The lowest BCUT2D eigenvalue weighted by atomic mass is 9.41. The van der Waals surface area contributed by atoms with E-state index in [4.69, 9.17) is 0 Å². The van der Waals surface area contributed by atoms with Gasteiger partial charge in [0.1, 0.15) is 0 Å². The molecule has 1 nitrogen and oxygen atoms in total. The van der Waals surface area contributed by atoms with Crippen LogP contribution < -0.4 is 0 Å². The molecule has 176 valence electrons.